The summed E-state index contributed by atoms with van der Waals surface area (Å²) in [5.74, 6) is -0.149. The SMILES string of the molecule is O=C(NCCCc1ccccc1)c1ccc(-c2cc(-c3cccc(C(F)(F)F)c3)n[nH]2)cc1. The number of benzene rings is 3. The fourth-order valence-electron chi connectivity index (χ4n) is 3.51. The number of aromatic nitrogens is 2. The summed E-state index contributed by atoms with van der Waals surface area (Å²) >= 11 is 0. The predicted molar refractivity (Wildman–Crippen MR) is 122 cm³/mol. The maximum Gasteiger partial charge on any atom is 0.416 e. The Bertz CT molecular complexity index is 1220. The van der Waals surface area contributed by atoms with Gasteiger partial charge in [-0.2, -0.15) is 18.3 Å². The average molecular weight is 449 g/mol. The van der Waals surface area contributed by atoms with E-state index in [1.54, 1.807) is 36.4 Å². The van der Waals surface area contributed by atoms with Crippen LogP contribution in [0.2, 0.25) is 0 Å². The summed E-state index contributed by atoms with van der Waals surface area (Å²) in [6.45, 7) is 0.580. The third-order valence-electron chi connectivity index (χ3n) is 5.29. The number of nitrogens with one attached hydrogen (secondary N) is 2. The number of carbonyl (C=O) groups excluding carboxylic acids is 1. The highest BCUT2D eigenvalue weighted by atomic mass is 19.4. The maximum absolute atomic E-state index is 13.0. The summed E-state index contributed by atoms with van der Waals surface area (Å²) in [7, 11) is 0. The Labute approximate surface area is 189 Å². The van der Waals surface area contributed by atoms with E-state index in [1.807, 2.05) is 18.2 Å². The largest absolute Gasteiger partial charge is 0.416 e. The number of nitrogens with zero attached hydrogens (tertiary/aromatic N) is 1. The van der Waals surface area contributed by atoms with Crippen LogP contribution in [0.3, 0.4) is 0 Å². The molecular weight excluding hydrogens is 427 g/mol. The molecule has 1 amide bonds. The van der Waals surface area contributed by atoms with Gasteiger partial charge in [-0.1, -0.05) is 54.6 Å². The first-order chi connectivity index (χ1) is 15.9. The molecule has 168 valence electrons. The summed E-state index contributed by atoms with van der Waals surface area (Å²) in [5, 5.41) is 9.92. The number of alkyl halides is 3. The van der Waals surface area contributed by atoms with Gasteiger partial charge in [0.1, 0.15) is 0 Å². The van der Waals surface area contributed by atoms with Crippen LogP contribution in [0.1, 0.15) is 27.9 Å². The van der Waals surface area contributed by atoms with Crippen LogP contribution in [0.15, 0.2) is 84.9 Å². The monoisotopic (exact) mass is 449 g/mol. The molecule has 0 radical (unpaired) electrons. The Morgan fingerprint density at radius 1 is 0.879 bits per heavy atom. The minimum atomic E-state index is -4.41. The Kier molecular flexibility index (Phi) is 6.58. The number of aromatic amines is 1. The van der Waals surface area contributed by atoms with Crippen LogP contribution >= 0.6 is 0 Å². The van der Waals surface area contributed by atoms with Gasteiger partial charge in [-0.25, -0.2) is 0 Å². The Balaban J connectivity index is 1.37. The number of carbonyl (C=O) groups is 1. The lowest BCUT2D eigenvalue weighted by atomic mass is 10.1. The molecule has 0 bridgehead atoms. The first-order valence-electron chi connectivity index (χ1n) is 10.6. The van der Waals surface area contributed by atoms with Gasteiger partial charge in [0.15, 0.2) is 0 Å². The molecule has 3 aromatic carbocycles. The van der Waals surface area contributed by atoms with E-state index >= 15 is 0 Å². The smallest absolute Gasteiger partial charge is 0.352 e. The van der Waals surface area contributed by atoms with Crippen molar-refractivity contribution < 1.29 is 18.0 Å². The lowest BCUT2D eigenvalue weighted by Gasteiger charge is -2.07. The fourth-order valence-corrected chi connectivity index (χ4v) is 3.51. The minimum absolute atomic E-state index is 0.149. The normalized spacial score (nSPS) is 11.4. The molecule has 0 saturated carbocycles. The van der Waals surface area contributed by atoms with Crippen molar-refractivity contribution in [2.45, 2.75) is 19.0 Å². The van der Waals surface area contributed by atoms with Crippen molar-refractivity contribution in [2.75, 3.05) is 6.54 Å². The average Bonchev–Trinajstić information content (AvgIpc) is 3.32. The van der Waals surface area contributed by atoms with Crippen LogP contribution in [0.5, 0.6) is 0 Å². The molecular formula is C26H22F3N3O. The van der Waals surface area contributed by atoms with Crippen molar-refractivity contribution in [3.05, 3.63) is 102 Å². The number of aryl methyl sites for hydroxylation is 1. The molecule has 0 aliphatic rings. The van der Waals surface area contributed by atoms with Gasteiger partial charge in [0.05, 0.1) is 17.0 Å². The van der Waals surface area contributed by atoms with Gasteiger partial charge in [0.25, 0.3) is 5.91 Å². The lowest BCUT2D eigenvalue weighted by molar-refractivity contribution is -0.137. The fraction of sp³-hybridized carbons (Fsp3) is 0.154. The van der Waals surface area contributed by atoms with Crippen LogP contribution < -0.4 is 5.32 Å². The molecule has 1 heterocycles. The molecule has 7 heteroatoms. The number of H-pyrrole nitrogens is 1. The van der Waals surface area contributed by atoms with Crippen molar-refractivity contribution in [1.29, 1.82) is 0 Å². The van der Waals surface area contributed by atoms with Gasteiger partial charge in [-0.15, -0.1) is 0 Å². The minimum Gasteiger partial charge on any atom is -0.352 e. The Morgan fingerprint density at radius 2 is 1.64 bits per heavy atom. The van der Waals surface area contributed by atoms with Crippen molar-refractivity contribution in [1.82, 2.24) is 15.5 Å². The number of amides is 1. The maximum atomic E-state index is 13.0. The van der Waals surface area contributed by atoms with Gasteiger partial charge < -0.3 is 5.32 Å². The number of halogens is 3. The second-order valence-electron chi connectivity index (χ2n) is 7.67. The van der Waals surface area contributed by atoms with E-state index in [0.717, 1.165) is 30.5 Å². The third-order valence-corrected chi connectivity index (χ3v) is 5.29. The highest BCUT2D eigenvalue weighted by Crippen LogP contribution is 2.32. The second-order valence-corrected chi connectivity index (χ2v) is 7.67. The second kappa shape index (κ2) is 9.73. The zero-order valence-electron chi connectivity index (χ0n) is 17.7. The van der Waals surface area contributed by atoms with Gasteiger partial charge in [-0.05, 0) is 54.3 Å². The van der Waals surface area contributed by atoms with E-state index in [9.17, 15) is 18.0 Å². The quantitative estimate of drug-likeness (QED) is 0.334. The molecule has 33 heavy (non-hydrogen) atoms. The molecule has 0 aliphatic carbocycles. The Morgan fingerprint density at radius 3 is 2.36 bits per heavy atom. The van der Waals surface area contributed by atoms with Crippen molar-refractivity contribution >= 4 is 5.91 Å². The summed E-state index contributed by atoms with van der Waals surface area (Å²) in [6, 6.07) is 23.8. The van der Waals surface area contributed by atoms with Gasteiger partial charge in [0.2, 0.25) is 0 Å². The van der Waals surface area contributed by atoms with E-state index in [1.165, 1.54) is 11.6 Å². The summed E-state index contributed by atoms with van der Waals surface area (Å²) in [6.07, 6.45) is -2.67. The molecule has 0 fully saturated rings. The van der Waals surface area contributed by atoms with Crippen molar-refractivity contribution in [2.24, 2.45) is 0 Å². The molecule has 0 spiro atoms. The molecule has 4 nitrogen and oxygen atoms in total. The molecule has 1 aromatic heterocycles. The highest BCUT2D eigenvalue weighted by molar-refractivity contribution is 5.94. The summed E-state index contributed by atoms with van der Waals surface area (Å²) < 4.78 is 38.9. The van der Waals surface area contributed by atoms with Crippen LogP contribution in [-0.4, -0.2) is 22.6 Å². The molecule has 4 rings (SSSR count). The first-order valence-corrected chi connectivity index (χ1v) is 10.6. The van der Waals surface area contributed by atoms with Crippen LogP contribution in [0, 0.1) is 0 Å². The van der Waals surface area contributed by atoms with Gasteiger partial charge >= 0.3 is 6.18 Å². The molecule has 0 saturated heterocycles. The van der Waals surface area contributed by atoms with E-state index in [0.29, 0.717) is 29.1 Å². The van der Waals surface area contributed by atoms with Crippen molar-refractivity contribution in [3.8, 4) is 22.5 Å². The predicted octanol–water partition coefficient (Wildman–Crippen LogP) is 6.13. The summed E-state index contributed by atoms with van der Waals surface area (Å²) in [5.41, 5.74) is 3.27. The molecule has 0 unspecified atom stereocenters. The zero-order valence-corrected chi connectivity index (χ0v) is 17.7. The Hall–Kier alpha value is -3.87. The van der Waals surface area contributed by atoms with Crippen LogP contribution in [0.4, 0.5) is 13.2 Å². The molecule has 0 atom stereocenters. The first kappa shape index (κ1) is 22.3. The van der Waals surface area contributed by atoms with E-state index in [4.69, 9.17) is 0 Å². The zero-order chi connectivity index (χ0) is 23.3. The topological polar surface area (TPSA) is 57.8 Å². The number of hydrogen-bond acceptors (Lipinski definition) is 2. The molecule has 2 N–H and O–H groups in total. The van der Waals surface area contributed by atoms with Gasteiger partial charge in [0, 0.05) is 17.7 Å². The molecule has 0 aliphatic heterocycles. The third kappa shape index (κ3) is 5.68. The van der Waals surface area contributed by atoms with Crippen LogP contribution in [0.25, 0.3) is 22.5 Å². The highest BCUT2D eigenvalue weighted by Gasteiger charge is 2.30. The summed E-state index contributed by atoms with van der Waals surface area (Å²) in [4.78, 5) is 12.4. The standard InChI is InChI=1S/C26H22F3N3O/c27-26(28,29)22-10-4-9-21(16-22)24-17-23(31-32-24)19-11-13-20(14-12-19)25(33)30-15-5-8-18-6-2-1-3-7-18/h1-4,6-7,9-14,16-17H,5,8,15H2,(H,30,33)(H,31,32). The van der Waals surface area contributed by atoms with E-state index in [-0.39, 0.29) is 5.91 Å². The van der Waals surface area contributed by atoms with E-state index < -0.39 is 11.7 Å². The van der Waals surface area contributed by atoms with E-state index in [2.05, 4.69) is 27.6 Å². The van der Waals surface area contributed by atoms with Crippen LogP contribution in [-0.2, 0) is 12.6 Å². The number of rotatable bonds is 7. The van der Waals surface area contributed by atoms with Gasteiger partial charge in [-0.3, -0.25) is 9.89 Å². The number of hydrogen-bond donors (Lipinski definition) is 2. The molecule has 4 aromatic rings. The lowest BCUT2D eigenvalue weighted by Crippen LogP contribution is -2.24. The van der Waals surface area contributed by atoms with Crippen molar-refractivity contribution in [3.63, 3.8) is 0 Å².